The van der Waals surface area contributed by atoms with E-state index in [0.29, 0.717) is 0 Å². The molecule has 1 aliphatic rings. The zero-order valence-electron chi connectivity index (χ0n) is 10.1. The Morgan fingerprint density at radius 1 is 1.44 bits per heavy atom. The van der Waals surface area contributed by atoms with Crippen LogP contribution >= 0.6 is 0 Å². The summed E-state index contributed by atoms with van der Waals surface area (Å²) in [4.78, 5) is 45.4. The molecule has 0 unspecified atom stereocenters. The monoisotopic (exact) mass is 257 g/mol. The number of carbonyl (C=O) groups excluding carboxylic acids is 3. The first kappa shape index (κ1) is 13.9. The summed E-state index contributed by atoms with van der Waals surface area (Å²) in [5.74, 6) is -2.10. The third-order valence-electron chi connectivity index (χ3n) is 2.55. The zero-order valence-corrected chi connectivity index (χ0v) is 10.1. The van der Waals surface area contributed by atoms with Crippen molar-refractivity contribution in [1.82, 2.24) is 15.5 Å². The van der Waals surface area contributed by atoms with Crippen LogP contribution in [0.4, 0.5) is 4.79 Å². The first-order valence-electron chi connectivity index (χ1n) is 5.32. The molecule has 100 valence electrons. The first-order valence-corrected chi connectivity index (χ1v) is 5.32. The quantitative estimate of drug-likeness (QED) is 0.533. The summed E-state index contributed by atoms with van der Waals surface area (Å²) in [5, 5.41) is 13.5. The number of rotatable bonds is 5. The van der Waals surface area contributed by atoms with Gasteiger partial charge in [-0.2, -0.15) is 0 Å². The average molecular weight is 257 g/mol. The second kappa shape index (κ2) is 5.03. The highest BCUT2D eigenvalue weighted by molar-refractivity contribution is 6.04. The standard InChI is InChI=1S/C10H15N3O5/c1-10(2,8(16)17)5-12-6(14)4-13-7(15)3-11-9(13)18/h3-5H2,1-2H3,(H,11,18)(H,12,14)(H,16,17). The van der Waals surface area contributed by atoms with E-state index in [-0.39, 0.29) is 13.1 Å². The Bertz CT molecular complexity index is 388. The van der Waals surface area contributed by atoms with Gasteiger partial charge in [-0.15, -0.1) is 0 Å². The van der Waals surface area contributed by atoms with Gasteiger partial charge in [0.15, 0.2) is 0 Å². The maximum atomic E-state index is 11.5. The lowest BCUT2D eigenvalue weighted by Crippen LogP contribution is -2.45. The summed E-state index contributed by atoms with van der Waals surface area (Å²) < 4.78 is 0. The minimum atomic E-state index is -1.10. The Balaban J connectivity index is 2.45. The number of carboxylic acid groups (broad SMARTS) is 1. The van der Waals surface area contributed by atoms with Crippen LogP contribution in [-0.2, 0) is 14.4 Å². The van der Waals surface area contributed by atoms with Crippen LogP contribution < -0.4 is 10.6 Å². The number of imide groups is 1. The Hall–Kier alpha value is -2.12. The lowest BCUT2D eigenvalue weighted by Gasteiger charge is -2.20. The van der Waals surface area contributed by atoms with Crippen LogP contribution in [0.3, 0.4) is 0 Å². The molecule has 3 N–H and O–H groups in total. The molecule has 0 aromatic rings. The van der Waals surface area contributed by atoms with Gasteiger partial charge in [0.25, 0.3) is 5.91 Å². The predicted octanol–water partition coefficient (Wildman–Crippen LogP) is -1.23. The third kappa shape index (κ3) is 3.19. The van der Waals surface area contributed by atoms with Gasteiger partial charge >= 0.3 is 12.0 Å². The van der Waals surface area contributed by atoms with Crippen LogP contribution in [0.25, 0.3) is 0 Å². The molecule has 0 aromatic carbocycles. The number of aliphatic carboxylic acids is 1. The summed E-state index contributed by atoms with van der Waals surface area (Å²) in [6, 6.07) is -0.618. The Kier molecular flexibility index (Phi) is 3.89. The Morgan fingerprint density at radius 3 is 2.50 bits per heavy atom. The minimum Gasteiger partial charge on any atom is -0.481 e. The predicted molar refractivity (Wildman–Crippen MR) is 59.5 cm³/mol. The molecule has 0 saturated carbocycles. The summed E-state index contributed by atoms with van der Waals surface area (Å²) in [6.07, 6.45) is 0. The number of nitrogens with zero attached hydrogens (tertiary/aromatic N) is 1. The van der Waals surface area contributed by atoms with Gasteiger partial charge in [-0.25, -0.2) is 4.79 Å². The van der Waals surface area contributed by atoms with E-state index in [2.05, 4.69) is 10.6 Å². The van der Waals surface area contributed by atoms with Crippen molar-refractivity contribution in [3.05, 3.63) is 0 Å². The zero-order chi connectivity index (χ0) is 13.9. The van der Waals surface area contributed by atoms with E-state index in [9.17, 15) is 19.2 Å². The molecule has 0 spiro atoms. The van der Waals surface area contributed by atoms with E-state index in [0.717, 1.165) is 4.90 Å². The highest BCUT2D eigenvalue weighted by Crippen LogP contribution is 2.12. The number of amides is 4. The molecule has 1 rings (SSSR count). The van der Waals surface area contributed by atoms with Crippen molar-refractivity contribution in [3.63, 3.8) is 0 Å². The molecule has 1 fully saturated rings. The summed E-state index contributed by atoms with van der Waals surface area (Å²) in [7, 11) is 0. The number of carboxylic acids is 1. The van der Waals surface area contributed by atoms with E-state index in [1.165, 1.54) is 13.8 Å². The molecule has 0 atom stereocenters. The van der Waals surface area contributed by atoms with Crippen molar-refractivity contribution in [1.29, 1.82) is 0 Å². The lowest BCUT2D eigenvalue weighted by atomic mass is 9.94. The van der Waals surface area contributed by atoms with Crippen LogP contribution in [0, 0.1) is 5.41 Å². The number of carbonyl (C=O) groups is 4. The van der Waals surface area contributed by atoms with Crippen LogP contribution in [0.2, 0.25) is 0 Å². The molecule has 8 nitrogen and oxygen atoms in total. The molecule has 1 heterocycles. The maximum absolute atomic E-state index is 11.5. The molecule has 4 amide bonds. The van der Waals surface area contributed by atoms with Crippen LogP contribution in [-0.4, -0.2) is 53.5 Å². The van der Waals surface area contributed by atoms with Crippen molar-refractivity contribution in [2.75, 3.05) is 19.6 Å². The van der Waals surface area contributed by atoms with Gasteiger partial charge in [-0.1, -0.05) is 0 Å². The molecule has 1 aliphatic heterocycles. The van der Waals surface area contributed by atoms with Gasteiger partial charge in [0, 0.05) is 6.54 Å². The summed E-state index contributed by atoms with van der Waals surface area (Å²) in [6.45, 7) is 2.32. The number of hydrogen-bond acceptors (Lipinski definition) is 4. The Morgan fingerprint density at radius 2 is 2.06 bits per heavy atom. The normalized spacial score (nSPS) is 15.6. The highest BCUT2D eigenvalue weighted by Gasteiger charge is 2.31. The van der Waals surface area contributed by atoms with E-state index in [1.807, 2.05) is 0 Å². The van der Waals surface area contributed by atoms with E-state index in [4.69, 9.17) is 5.11 Å². The maximum Gasteiger partial charge on any atom is 0.325 e. The van der Waals surface area contributed by atoms with Crippen LogP contribution in [0.5, 0.6) is 0 Å². The molecule has 0 aliphatic carbocycles. The van der Waals surface area contributed by atoms with Crippen LogP contribution in [0.1, 0.15) is 13.8 Å². The van der Waals surface area contributed by atoms with E-state index < -0.39 is 35.8 Å². The van der Waals surface area contributed by atoms with Crippen molar-refractivity contribution >= 4 is 23.8 Å². The Labute approximate surface area is 103 Å². The van der Waals surface area contributed by atoms with E-state index >= 15 is 0 Å². The fraction of sp³-hybridized carbons (Fsp3) is 0.600. The summed E-state index contributed by atoms with van der Waals surface area (Å²) in [5.41, 5.74) is -1.10. The first-order chi connectivity index (χ1) is 8.24. The minimum absolute atomic E-state index is 0.0786. The largest absolute Gasteiger partial charge is 0.481 e. The molecule has 0 bridgehead atoms. The van der Waals surface area contributed by atoms with Crippen LogP contribution in [0.15, 0.2) is 0 Å². The van der Waals surface area contributed by atoms with Gasteiger partial charge in [0.1, 0.15) is 6.54 Å². The van der Waals surface area contributed by atoms with Gasteiger partial charge < -0.3 is 15.7 Å². The number of urea groups is 1. The topological polar surface area (TPSA) is 116 Å². The lowest BCUT2D eigenvalue weighted by molar-refractivity contribution is -0.147. The molecular weight excluding hydrogens is 242 g/mol. The van der Waals surface area contributed by atoms with Crippen molar-refractivity contribution < 1.29 is 24.3 Å². The van der Waals surface area contributed by atoms with Gasteiger partial charge in [-0.05, 0) is 13.8 Å². The van der Waals surface area contributed by atoms with Crippen molar-refractivity contribution in [3.8, 4) is 0 Å². The van der Waals surface area contributed by atoms with E-state index in [1.54, 1.807) is 0 Å². The number of hydrogen-bond donors (Lipinski definition) is 3. The second-order valence-electron chi connectivity index (χ2n) is 4.60. The van der Waals surface area contributed by atoms with Gasteiger partial charge in [0.05, 0.1) is 12.0 Å². The molecule has 0 aromatic heterocycles. The molecular formula is C10H15N3O5. The third-order valence-corrected chi connectivity index (χ3v) is 2.55. The highest BCUT2D eigenvalue weighted by atomic mass is 16.4. The molecule has 8 heteroatoms. The van der Waals surface area contributed by atoms with Gasteiger partial charge in [0.2, 0.25) is 5.91 Å². The van der Waals surface area contributed by atoms with Crippen molar-refractivity contribution in [2.45, 2.75) is 13.8 Å². The fourth-order valence-corrected chi connectivity index (χ4v) is 1.21. The number of nitrogens with one attached hydrogen (secondary N) is 2. The smallest absolute Gasteiger partial charge is 0.325 e. The SMILES string of the molecule is CC(C)(CNC(=O)CN1C(=O)CNC1=O)C(=O)O. The fourth-order valence-electron chi connectivity index (χ4n) is 1.21. The molecule has 1 saturated heterocycles. The average Bonchev–Trinajstić information content (AvgIpc) is 2.58. The summed E-state index contributed by atoms with van der Waals surface area (Å²) >= 11 is 0. The van der Waals surface area contributed by atoms with Gasteiger partial charge in [-0.3, -0.25) is 19.3 Å². The second-order valence-corrected chi connectivity index (χ2v) is 4.60. The van der Waals surface area contributed by atoms with Crippen molar-refractivity contribution in [2.24, 2.45) is 5.41 Å². The molecule has 18 heavy (non-hydrogen) atoms. The molecule has 0 radical (unpaired) electrons.